The molecule has 0 saturated carbocycles. The van der Waals surface area contributed by atoms with Crippen molar-refractivity contribution < 1.29 is 23.5 Å². The summed E-state index contributed by atoms with van der Waals surface area (Å²) >= 11 is 0. The summed E-state index contributed by atoms with van der Waals surface area (Å²) in [6, 6.07) is 10.0. The quantitative estimate of drug-likeness (QED) is 0.367. The maximum atomic E-state index is 13.6. The van der Waals surface area contributed by atoms with Gasteiger partial charge in [-0.15, -0.1) is 0 Å². The number of carbonyl (C=O) groups excluding carboxylic acids is 3. The molecule has 0 unspecified atom stereocenters. The van der Waals surface area contributed by atoms with Gasteiger partial charge in [-0.05, 0) is 55.9 Å². The van der Waals surface area contributed by atoms with Crippen molar-refractivity contribution in [1.29, 1.82) is 0 Å². The summed E-state index contributed by atoms with van der Waals surface area (Å²) in [5, 5.41) is 0.552. The topological polar surface area (TPSA) is 71.8 Å². The highest BCUT2D eigenvalue weighted by molar-refractivity contribution is 6.44. The monoisotopic (exact) mass is 493 g/mol. The van der Waals surface area contributed by atoms with E-state index < -0.39 is 11.7 Å². The molecule has 0 atom stereocenters. The van der Waals surface area contributed by atoms with E-state index in [2.05, 4.69) is 0 Å². The second-order valence-electron chi connectivity index (χ2n) is 9.55. The number of amides is 2. The minimum absolute atomic E-state index is 0.151. The van der Waals surface area contributed by atoms with E-state index in [1.807, 2.05) is 24.0 Å². The van der Waals surface area contributed by atoms with E-state index in [0.29, 0.717) is 47.8 Å². The highest BCUT2D eigenvalue weighted by Crippen LogP contribution is 2.32. The molecule has 1 aliphatic rings. The van der Waals surface area contributed by atoms with Crippen molar-refractivity contribution in [2.24, 2.45) is 13.0 Å². The Kier molecular flexibility index (Phi) is 7.43. The molecule has 2 amide bonds. The van der Waals surface area contributed by atoms with Crippen LogP contribution in [-0.2, 0) is 18.3 Å². The molecule has 3 aromatic rings. The van der Waals surface area contributed by atoms with Gasteiger partial charge in [0.15, 0.2) is 0 Å². The van der Waals surface area contributed by atoms with Crippen molar-refractivity contribution >= 4 is 28.5 Å². The van der Waals surface area contributed by atoms with Crippen molar-refractivity contribution in [3.63, 3.8) is 0 Å². The summed E-state index contributed by atoms with van der Waals surface area (Å²) in [5.41, 5.74) is 2.46. The molecule has 2 aromatic carbocycles. The molecule has 36 heavy (non-hydrogen) atoms. The van der Waals surface area contributed by atoms with Crippen molar-refractivity contribution in [1.82, 2.24) is 14.4 Å². The van der Waals surface area contributed by atoms with Crippen LogP contribution >= 0.6 is 0 Å². The SMILES string of the molecule is CCOc1cc2c(cc1C(=O)N1CCC(Cc3ccc(F)cc3)CC1)c(C(=O)C(=O)N(C)C)cn2C. The molecule has 4 rings (SSSR count). The zero-order valence-corrected chi connectivity index (χ0v) is 21.2. The fraction of sp³-hybridized carbons (Fsp3) is 0.393. The number of carbonyl (C=O) groups is 3. The number of nitrogens with zero attached hydrogens (tertiary/aromatic N) is 3. The maximum absolute atomic E-state index is 13.6. The number of halogens is 1. The lowest BCUT2D eigenvalue weighted by molar-refractivity contribution is -0.124. The summed E-state index contributed by atoms with van der Waals surface area (Å²) in [5.74, 6) is -0.745. The fourth-order valence-corrected chi connectivity index (χ4v) is 4.81. The van der Waals surface area contributed by atoms with Gasteiger partial charge < -0.3 is 19.1 Å². The Hall–Kier alpha value is -3.68. The van der Waals surface area contributed by atoms with Gasteiger partial charge in [0.2, 0.25) is 0 Å². The van der Waals surface area contributed by atoms with Gasteiger partial charge >= 0.3 is 0 Å². The lowest BCUT2D eigenvalue weighted by Crippen LogP contribution is -2.39. The number of rotatable bonds is 7. The van der Waals surface area contributed by atoms with Crippen LogP contribution in [0, 0.1) is 11.7 Å². The van der Waals surface area contributed by atoms with Crippen molar-refractivity contribution in [2.45, 2.75) is 26.2 Å². The van der Waals surface area contributed by atoms with Gasteiger partial charge in [-0.3, -0.25) is 14.4 Å². The molecule has 0 aliphatic carbocycles. The summed E-state index contributed by atoms with van der Waals surface area (Å²) in [6.45, 7) is 3.46. The number of hydrogen-bond acceptors (Lipinski definition) is 4. The van der Waals surface area contributed by atoms with Crippen LogP contribution < -0.4 is 4.74 Å². The number of fused-ring (bicyclic) bond motifs is 1. The number of Topliss-reactive ketones (excluding diaryl/α,β-unsaturated/α-hetero) is 1. The molecule has 1 fully saturated rings. The Balaban J connectivity index is 1.58. The first-order valence-electron chi connectivity index (χ1n) is 12.2. The van der Waals surface area contributed by atoms with Gasteiger partial charge in [-0.25, -0.2) is 4.39 Å². The van der Waals surface area contributed by atoms with E-state index in [1.165, 1.54) is 31.1 Å². The van der Waals surface area contributed by atoms with Gasteiger partial charge in [-0.2, -0.15) is 0 Å². The Morgan fingerprint density at radius 3 is 2.33 bits per heavy atom. The molecule has 8 heteroatoms. The largest absolute Gasteiger partial charge is 0.493 e. The molecular weight excluding hydrogens is 461 g/mol. The van der Waals surface area contributed by atoms with E-state index in [-0.39, 0.29) is 17.3 Å². The van der Waals surface area contributed by atoms with Gasteiger partial charge in [0.05, 0.1) is 23.3 Å². The Morgan fingerprint density at radius 1 is 1.06 bits per heavy atom. The minimum atomic E-state index is -0.618. The lowest BCUT2D eigenvalue weighted by atomic mass is 9.90. The summed E-state index contributed by atoms with van der Waals surface area (Å²) in [7, 11) is 4.86. The second kappa shape index (κ2) is 10.5. The van der Waals surface area contributed by atoms with Crippen LogP contribution in [0.1, 0.15) is 46.0 Å². The van der Waals surface area contributed by atoms with Crippen molar-refractivity contribution in [2.75, 3.05) is 33.8 Å². The van der Waals surface area contributed by atoms with Crippen LogP contribution in [0.4, 0.5) is 4.39 Å². The van der Waals surface area contributed by atoms with E-state index in [9.17, 15) is 18.8 Å². The number of aryl methyl sites for hydroxylation is 1. The van der Waals surface area contributed by atoms with Crippen LogP contribution in [-0.4, -0.2) is 65.8 Å². The number of ether oxygens (including phenoxy) is 1. The number of likely N-dealkylation sites (tertiary alicyclic amines) is 1. The van der Waals surface area contributed by atoms with Gasteiger partial charge in [-0.1, -0.05) is 12.1 Å². The van der Waals surface area contributed by atoms with Crippen LogP contribution in [0.2, 0.25) is 0 Å². The number of aromatic nitrogens is 1. The smallest absolute Gasteiger partial charge is 0.294 e. The van der Waals surface area contributed by atoms with E-state index in [4.69, 9.17) is 4.74 Å². The molecule has 190 valence electrons. The number of likely N-dealkylation sites (N-methyl/N-ethyl adjacent to an activating group) is 1. The Labute approximate surface area is 210 Å². The molecule has 1 aromatic heterocycles. The van der Waals surface area contributed by atoms with Gasteiger partial charge in [0.1, 0.15) is 11.6 Å². The fourth-order valence-electron chi connectivity index (χ4n) is 4.81. The zero-order chi connectivity index (χ0) is 26.0. The minimum Gasteiger partial charge on any atom is -0.493 e. The first kappa shape index (κ1) is 25.4. The predicted octanol–water partition coefficient (Wildman–Crippen LogP) is 4.08. The van der Waals surface area contributed by atoms with Crippen molar-refractivity contribution in [3.8, 4) is 5.75 Å². The summed E-state index contributed by atoms with van der Waals surface area (Å²) in [4.78, 5) is 41.9. The third kappa shape index (κ3) is 5.12. The molecule has 0 radical (unpaired) electrons. The number of benzene rings is 2. The lowest BCUT2D eigenvalue weighted by Gasteiger charge is -2.32. The zero-order valence-electron chi connectivity index (χ0n) is 21.2. The van der Waals surface area contributed by atoms with Gasteiger partial charge in [0.25, 0.3) is 17.6 Å². The molecule has 1 aliphatic heterocycles. The first-order valence-corrected chi connectivity index (χ1v) is 12.2. The molecule has 0 N–H and O–H groups in total. The maximum Gasteiger partial charge on any atom is 0.294 e. The van der Waals surface area contributed by atoms with E-state index in [0.717, 1.165) is 24.8 Å². The van der Waals surface area contributed by atoms with E-state index >= 15 is 0 Å². The third-order valence-electron chi connectivity index (χ3n) is 6.81. The van der Waals surface area contributed by atoms with Crippen molar-refractivity contribution in [3.05, 3.63) is 65.1 Å². The number of hydrogen-bond donors (Lipinski definition) is 0. The normalized spacial score (nSPS) is 14.2. The molecule has 7 nitrogen and oxygen atoms in total. The predicted molar refractivity (Wildman–Crippen MR) is 136 cm³/mol. The van der Waals surface area contributed by atoms with E-state index in [1.54, 1.807) is 29.9 Å². The third-order valence-corrected chi connectivity index (χ3v) is 6.81. The van der Waals surface area contributed by atoms with Crippen LogP contribution in [0.5, 0.6) is 5.75 Å². The average molecular weight is 494 g/mol. The highest BCUT2D eigenvalue weighted by Gasteiger charge is 2.28. The van der Waals surface area contributed by atoms with Crippen LogP contribution in [0.3, 0.4) is 0 Å². The number of piperidine rings is 1. The van der Waals surface area contributed by atoms with Crippen LogP contribution in [0.25, 0.3) is 10.9 Å². The molecule has 0 bridgehead atoms. The Bertz CT molecular complexity index is 1290. The Morgan fingerprint density at radius 2 is 1.72 bits per heavy atom. The average Bonchev–Trinajstić information content (AvgIpc) is 3.19. The summed E-state index contributed by atoms with van der Waals surface area (Å²) < 4.78 is 20.8. The molecule has 1 saturated heterocycles. The molecular formula is C28H32FN3O4. The molecule has 0 spiro atoms. The highest BCUT2D eigenvalue weighted by atomic mass is 19.1. The first-order chi connectivity index (χ1) is 17.2. The van der Waals surface area contributed by atoms with Gasteiger partial charge in [0, 0.05) is 51.9 Å². The molecule has 2 heterocycles. The second-order valence-corrected chi connectivity index (χ2v) is 9.55. The summed E-state index contributed by atoms with van der Waals surface area (Å²) in [6.07, 6.45) is 4.18. The van der Waals surface area contributed by atoms with Crippen LogP contribution in [0.15, 0.2) is 42.6 Å². The number of ketones is 1. The standard InChI is InChI=1S/C28H32FN3O4/c1-5-36-25-16-24-21(23(17-31(24)4)26(33)28(35)30(2)3)15-22(25)27(34)32-12-10-19(11-13-32)14-18-6-8-20(29)9-7-18/h6-9,15-17,19H,5,10-14H2,1-4H3.